The number of aliphatic hydroxyl groups is 8. The Hall–Kier alpha value is -3.87. The Morgan fingerprint density at radius 2 is 1.43 bits per heavy atom. The van der Waals surface area contributed by atoms with Crippen molar-refractivity contribution >= 4 is 11.0 Å². The average Bonchev–Trinajstić information content (AvgIpc) is 3.12. The van der Waals surface area contributed by atoms with E-state index in [0.717, 1.165) is 18.2 Å². The van der Waals surface area contributed by atoms with E-state index in [4.69, 9.17) is 37.6 Å². The van der Waals surface area contributed by atoms with Crippen molar-refractivity contribution in [3.8, 4) is 45.8 Å². The van der Waals surface area contributed by atoms with E-state index in [2.05, 4.69) is 0 Å². The second kappa shape index (κ2) is 15.5. The maximum absolute atomic E-state index is 11.4. The molecule has 0 saturated carbocycles. The molecule has 1 aromatic heterocycles. The molecule has 2 aromatic carbocycles. The van der Waals surface area contributed by atoms with Gasteiger partial charge in [-0.1, -0.05) is 0 Å². The number of fused-ring (bicyclic) bond motifs is 1. The van der Waals surface area contributed by atoms with Gasteiger partial charge in [0, 0.05) is 24.3 Å². The first-order valence-electron chi connectivity index (χ1n) is 16.3. The van der Waals surface area contributed by atoms with E-state index < -0.39 is 116 Å². The molecule has 0 amide bonds. The normalized spacial score (nSPS) is 36.3. The van der Waals surface area contributed by atoms with Crippen molar-refractivity contribution in [1.29, 1.82) is 0 Å². The number of methoxy groups -OCH3 is 1. The molecule has 4 heterocycles. The van der Waals surface area contributed by atoms with Crippen molar-refractivity contribution in [3.63, 3.8) is 0 Å². The molecule has 0 aliphatic carbocycles. The highest BCUT2D eigenvalue weighted by Crippen LogP contribution is 2.45. The zero-order valence-electron chi connectivity index (χ0n) is 28.0. The molecule has 292 valence electrons. The van der Waals surface area contributed by atoms with Crippen molar-refractivity contribution in [2.75, 3.05) is 20.3 Å². The number of benzene rings is 2. The Balaban J connectivity index is 1.39. The largest absolute Gasteiger partial charge is 0.507 e. The van der Waals surface area contributed by atoms with E-state index in [1.807, 2.05) is 0 Å². The van der Waals surface area contributed by atoms with Crippen LogP contribution in [0.2, 0.25) is 0 Å². The van der Waals surface area contributed by atoms with Crippen molar-refractivity contribution in [3.05, 3.63) is 30.3 Å². The summed E-state index contributed by atoms with van der Waals surface area (Å²) in [6.07, 6.45) is -23.0. The van der Waals surface area contributed by atoms with Gasteiger partial charge in [-0.25, -0.2) is 4.42 Å². The van der Waals surface area contributed by atoms with Crippen molar-refractivity contribution in [1.82, 2.24) is 0 Å². The fourth-order valence-electron chi connectivity index (χ4n) is 6.16. The van der Waals surface area contributed by atoms with Crippen LogP contribution in [-0.4, -0.2) is 168 Å². The molecule has 53 heavy (non-hydrogen) atoms. The lowest BCUT2D eigenvalue weighted by Gasteiger charge is -2.45. The molecule has 0 radical (unpaired) electrons. The molecule has 3 aliphatic heterocycles. The maximum atomic E-state index is 11.4. The Morgan fingerprint density at radius 3 is 2.15 bits per heavy atom. The van der Waals surface area contributed by atoms with Gasteiger partial charge in [0.1, 0.15) is 71.8 Å². The number of phenolic OH excluding ortho intramolecular Hbond substituents is 4. The summed E-state index contributed by atoms with van der Waals surface area (Å²) in [5, 5.41) is 126. The van der Waals surface area contributed by atoms with Gasteiger partial charge in [0.15, 0.2) is 30.2 Å². The van der Waals surface area contributed by atoms with Crippen LogP contribution in [0.25, 0.3) is 22.3 Å². The summed E-state index contributed by atoms with van der Waals surface area (Å²) in [6.45, 7) is 0.295. The average molecular weight is 758 g/mol. The van der Waals surface area contributed by atoms with Gasteiger partial charge in [-0.2, -0.15) is 0 Å². The maximum Gasteiger partial charge on any atom is 0.402 e. The molecule has 3 aliphatic rings. The highest BCUT2D eigenvalue weighted by atomic mass is 16.8. The first-order chi connectivity index (χ1) is 25.1. The molecular formula is C33H41O20+. The van der Waals surface area contributed by atoms with Gasteiger partial charge in [0.25, 0.3) is 0 Å². The van der Waals surface area contributed by atoms with Crippen LogP contribution in [0.5, 0.6) is 34.5 Å². The van der Waals surface area contributed by atoms with Crippen LogP contribution in [0.3, 0.4) is 0 Å². The third kappa shape index (κ3) is 7.59. The van der Waals surface area contributed by atoms with Crippen LogP contribution in [-0.2, 0) is 23.7 Å². The Labute approximate surface area is 299 Å². The van der Waals surface area contributed by atoms with Crippen LogP contribution in [0, 0.1) is 0 Å². The molecular weight excluding hydrogens is 716 g/mol. The zero-order chi connectivity index (χ0) is 38.5. The third-order valence-corrected chi connectivity index (χ3v) is 9.22. The van der Waals surface area contributed by atoms with Crippen molar-refractivity contribution in [2.24, 2.45) is 0 Å². The number of aromatic hydroxyl groups is 4. The number of rotatable bonds is 9. The second-order valence-corrected chi connectivity index (χ2v) is 12.9. The molecule has 12 N–H and O–H groups in total. The summed E-state index contributed by atoms with van der Waals surface area (Å²) >= 11 is 0. The van der Waals surface area contributed by atoms with Crippen LogP contribution in [0.15, 0.2) is 34.7 Å². The molecule has 0 bridgehead atoms. The number of hydrogen-bond donors (Lipinski definition) is 12. The summed E-state index contributed by atoms with van der Waals surface area (Å²) in [6, 6.07) is 5.73. The zero-order valence-corrected chi connectivity index (χ0v) is 28.0. The van der Waals surface area contributed by atoms with E-state index in [9.17, 15) is 61.3 Å². The number of hydrogen-bond acceptors (Lipinski definition) is 19. The van der Waals surface area contributed by atoms with E-state index in [-0.39, 0.29) is 39.5 Å². The predicted octanol–water partition coefficient (Wildman–Crippen LogP) is -2.29. The fourth-order valence-corrected chi connectivity index (χ4v) is 6.16. The second-order valence-electron chi connectivity index (χ2n) is 12.9. The molecule has 3 aromatic rings. The van der Waals surface area contributed by atoms with Crippen molar-refractivity contribution in [2.45, 2.75) is 92.9 Å². The van der Waals surface area contributed by atoms with Gasteiger partial charge in [-0.3, -0.25) is 0 Å². The summed E-state index contributed by atoms with van der Waals surface area (Å²) in [5.74, 6) is -2.84. The number of phenols is 4. The molecule has 14 atom stereocenters. The van der Waals surface area contributed by atoms with Gasteiger partial charge in [-0.05, 0) is 6.92 Å². The van der Waals surface area contributed by atoms with Crippen LogP contribution < -0.4 is 9.47 Å². The summed E-state index contributed by atoms with van der Waals surface area (Å²) < 4.78 is 45.5. The Kier molecular flexibility index (Phi) is 11.3. The quantitative estimate of drug-likeness (QED) is 0.0807. The van der Waals surface area contributed by atoms with E-state index in [1.165, 1.54) is 26.2 Å². The Bertz CT molecular complexity index is 1760. The van der Waals surface area contributed by atoms with Crippen LogP contribution in [0.4, 0.5) is 0 Å². The highest BCUT2D eigenvalue weighted by Gasteiger charge is 2.51. The van der Waals surface area contributed by atoms with Gasteiger partial charge in [0.2, 0.25) is 17.8 Å². The highest BCUT2D eigenvalue weighted by molar-refractivity contribution is 5.88. The van der Waals surface area contributed by atoms with E-state index in [0.29, 0.717) is 0 Å². The lowest BCUT2D eigenvalue weighted by Crippen LogP contribution is -2.64. The lowest BCUT2D eigenvalue weighted by molar-refractivity contribution is -0.352. The third-order valence-electron chi connectivity index (χ3n) is 9.22. The first kappa shape index (κ1) is 38.8. The molecule has 20 nitrogen and oxygen atoms in total. The minimum absolute atomic E-state index is 0.00655. The summed E-state index contributed by atoms with van der Waals surface area (Å²) in [5.41, 5.74) is -0.0820. The SMILES string of the molecule is COc1cc(-c2[o+]c3cc(O)cc(O)c3cc2O[C@@H]2OC(CO[C@@H]3OC(C)[C@H](O)C(O)[C@@H]3O)[C@@H](O)[C@H](O)C2O[C@@H]2OC[C@@H](O)[C@H](O)C2O)cc(O)c1O. The molecule has 3 saturated heterocycles. The predicted molar refractivity (Wildman–Crippen MR) is 172 cm³/mol. The molecule has 0 spiro atoms. The first-order valence-corrected chi connectivity index (χ1v) is 16.3. The van der Waals surface area contributed by atoms with Gasteiger partial charge in [-0.15, -0.1) is 0 Å². The summed E-state index contributed by atoms with van der Waals surface area (Å²) in [4.78, 5) is 0. The molecule has 3 fully saturated rings. The van der Waals surface area contributed by atoms with Crippen LogP contribution >= 0.6 is 0 Å². The molecule has 5 unspecified atom stereocenters. The topological polar surface area (TPSA) is 319 Å². The molecule has 20 heteroatoms. The lowest BCUT2D eigenvalue weighted by atomic mass is 9.98. The van der Waals surface area contributed by atoms with Gasteiger partial charge < -0.3 is 94.4 Å². The minimum atomic E-state index is -1.95. The summed E-state index contributed by atoms with van der Waals surface area (Å²) in [7, 11) is 1.22. The Morgan fingerprint density at radius 1 is 0.717 bits per heavy atom. The van der Waals surface area contributed by atoms with Gasteiger partial charge in [0.05, 0.1) is 38.1 Å². The number of aliphatic hydroxyl groups excluding tert-OH is 8. The van der Waals surface area contributed by atoms with Crippen LogP contribution in [0.1, 0.15) is 6.92 Å². The minimum Gasteiger partial charge on any atom is -0.507 e. The molecule has 6 rings (SSSR count). The van der Waals surface area contributed by atoms with Crippen molar-refractivity contribution < 1.29 is 98.9 Å². The fraction of sp³-hybridized carbons (Fsp3) is 0.545. The van der Waals surface area contributed by atoms with E-state index in [1.54, 1.807) is 0 Å². The van der Waals surface area contributed by atoms with Gasteiger partial charge >= 0.3 is 11.3 Å². The van der Waals surface area contributed by atoms with E-state index >= 15 is 0 Å². The smallest absolute Gasteiger partial charge is 0.402 e. The standard InChI is InChI=1S/C33H40O20/c1-10-21(38)25(42)28(45)31(49-10)48-9-20-24(41)26(43)30(53-32-27(44)23(40)16(37)8-47-32)33(52-20)51-19-7-13-14(35)5-12(34)6-17(13)50-29(19)11-3-15(36)22(39)18(4-11)46-2/h3-7,10,16,20-21,23-28,30-33,37-38,40-45H,8-9H2,1-2H3,(H3-,34,35,36,39)/p+1/t10?,16-,20?,21+,23+,24-,25?,26+,27?,28+,30?,31-,32+,33-/m1/s1. The number of ether oxygens (including phenoxy) is 7. The monoisotopic (exact) mass is 757 g/mol.